The molecule has 5 nitrogen and oxygen atoms in total. The average Bonchev–Trinajstić information content (AvgIpc) is 2.28. The van der Waals surface area contributed by atoms with Crippen molar-refractivity contribution in [2.24, 2.45) is 5.73 Å². The quantitative estimate of drug-likeness (QED) is 0.633. The second-order valence-corrected chi connectivity index (χ2v) is 6.08. The predicted molar refractivity (Wildman–Crippen MR) is 63.7 cm³/mol. The normalized spacial score (nSPS) is 22.2. The van der Waals surface area contributed by atoms with E-state index >= 15 is 0 Å². The fourth-order valence-electron chi connectivity index (χ4n) is 1.70. The van der Waals surface area contributed by atoms with E-state index in [2.05, 4.69) is 4.72 Å². The number of hydrogen-bond acceptors (Lipinski definition) is 4. The Morgan fingerprint density at radius 3 is 2.75 bits per heavy atom. The molecule has 1 saturated heterocycles. The molecule has 96 valence electrons. The minimum Gasteiger partial charge on any atom is -0.377 e. The van der Waals surface area contributed by atoms with Crippen LogP contribution in [0, 0.1) is 0 Å². The lowest BCUT2D eigenvalue weighted by Crippen LogP contribution is -2.36. The molecule has 1 fully saturated rings. The number of hydrogen-bond donors (Lipinski definition) is 2. The molecule has 0 aromatic rings. The summed E-state index contributed by atoms with van der Waals surface area (Å²) < 4.78 is 31.1. The van der Waals surface area contributed by atoms with Gasteiger partial charge in [-0.2, -0.15) is 0 Å². The molecule has 1 heterocycles. The highest BCUT2D eigenvalue weighted by Crippen LogP contribution is 2.11. The summed E-state index contributed by atoms with van der Waals surface area (Å²) in [7, 11) is -3.14. The van der Waals surface area contributed by atoms with Crippen LogP contribution in [0.25, 0.3) is 0 Å². The standard InChI is InChI=1S/C10H22N2O3S/c11-6-2-4-8-16(13,14)12-9-10-5-1-3-7-15-10/h10,12H,1-9,11H2. The zero-order chi connectivity index (χ0) is 11.9. The summed E-state index contributed by atoms with van der Waals surface area (Å²) in [5, 5.41) is 0. The molecule has 0 spiro atoms. The van der Waals surface area contributed by atoms with Crippen LogP contribution in [-0.4, -0.2) is 40.0 Å². The van der Waals surface area contributed by atoms with Gasteiger partial charge in [0.2, 0.25) is 10.0 Å². The van der Waals surface area contributed by atoms with E-state index < -0.39 is 10.0 Å². The number of nitrogens with two attached hydrogens (primary N) is 1. The van der Waals surface area contributed by atoms with Gasteiger partial charge in [0.1, 0.15) is 0 Å². The average molecular weight is 250 g/mol. The number of ether oxygens (including phenoxy) is 1. The summed E-state index contributed by atoms with van der Waals surface area (Å²) in [4.78, 5) is 0. The zero-order valence-corrected chi connectivity index (χ0v) is 10.5. The van der Waals surface area contributed by atoms with Crippen molar-refractivity contribution < 1.29 is 13.2 Å². The van der Waals surface area contributed by atoms with E-state index in [4.69, 9.17) is 10.5 Å². The van der Waals surface area contributed by atoms with E-state index in [1.807, 2.05) is 0 Å². The van der Waals surface area contributed by atoms with Crippen LogP contribution in [0.2, 0.25) is 0 Å². The van der Waals surface area contributed by atoms with Gasteiger partial charge in [-0.05, 0) is 38.6 Å². The first-order valence-electron chi connectivity index (χ1n) is 5.93. The van der Waals surface area contributed by atoms with Gasteiger partial charge in [-0.1, -0.05) is 0 Å². The summed E-state index contributed by atoms with van der Waals surface area (Å²) in [6.45, 7) is 1.70. The number of sulfonamides is 1. The van der Waals surface area contributed by atoms with Gasteiger partial charge in [0.15, 0.2) is 0 Å². The fraction of sp³-hybridized carbons (Fsp3) is 1.00. The van der Waals surface area contributed by atoms with Crippen LogP contribution in [-0.2, 0) is 14.8 Å². The summed E-state index contributed by atoms with van der Waals surface area (Å²) in [5.74, 6) is 0.164. The third-order valence-corrected chi connectivity index (χ3v) is 4.10. The number of unbranched alkanes of at least 4 members (excludes halogenated alkanes) is 1. The summed E-state index contributed by atoms with van der Waals surface area (Å²) in [6.07, 6.45) is 4.58. The number of nitrogens with one attached hydrogen (secondary N) is 1. The minimum absolute atomic E-state index is 0.0537. The second-order valence-electron chi connectivity index (χ2n) is 4.15. The second kappa shape index (κ2) is 7.21. The van der Waals surface area contributed by atoms with Gasteiger partial charge in [0.05, 0.1) is 11.9 Å². The summed E-state index contributed by atoms with van der Waals surface area (Å²) in [6, 6.07) is 0. The highest BCUT2D eigenvalue weighted by Gasteiger charge is 2.17. The molecule has 0 radical (unpaired) electrons. The van der Waals surface area contributed by atoms with Gasteiger partial charge >= 0.3 is 0 Å². The molecule has 0 amide bonds. The monoisotopic (exact) mass is 250 g/mol. The Bertz CT molecular complexity index is 274. The SMILES string of the molecule is NCCCCS(=O)(=O)NCC1CCCCO1. The molecule has 0 aromatic carbocycles. The molecule has 0 bridgehead atoms. The van der Waals surface area contributed by atoms with Gasteiger partial charge in [0.25, 0.3) is 0 Å². The molecule has 3 N–H and O–H groups in total. The van der Waals surface area contributed by atoms with Crippen molar-refractivity contribution in [2.45, 2.75) is 38.2 Å². The van der Waals surface area contributed by atoms with Crippen molar-refractivity contribution >= 4 is 10.0 Å². The molecule has 1 aliphatic heterocycles. The lowest BCUT2D eigenvalue weighted by Gasteiger charge is -2.22. The van der Waals surface area contributed by atoms with Gasteiger partial charge in [-0.15, -0.1) is 0 Å². The van der Waals surface area contributed by atoms with Crippen molar-refractivity contribution in [3.63, 3.8) is 0 Å². The van der Waals surface area contributed by atoms with Crippen LogP contribution in [0.3, 0.4) is 0 Å². The first kappa shape index (κ1) is 13.9. The first-order valence-corrected chi connectivity index (χ1v) is 7.58. The van der Waals surface area contributed by atoms with E-state index in [1.54, 1.807) is 0 Å². The molecule has 1 atom stereocenters. The molecule has 0 aromatic heterocycles. The molecule has 1 rings (SSSR count). The van der Waals surface area contributed by atoms with Crippen molar-refractivity contribution in [2.75, 3.05) is 25.4 Å². The predicted octanol–water partition coefficient (Wildman–Crippen LogP) is 0.214. The molecule has 1 aliphatic rings. The minimum atomic E-state index is -3.14. The molecular formula is C10H22N2O3S. The van der Waals surface area contributed by atoms with Crippen LogP contribution in [0.1, 0.15) is 32.1 Å². The van der Waals surface area contributed by atoms with Gasteiger partial charge in [-0.3, -0.25) is 0 Å². The molecular weight excluding hydrogens is 228 g/mol. The smallest absolute Gasteiger partial charge is 0.211 e. The maximum Gasteiger partial charge on any atom is 0.211 e. The van der Waals surface area contributed by atoms with Gasteiger partial charge in [-0.25, -0.2) is 13.1 Å². The zero-order valence-electron chi connectivity index (χ0n) is 9.65. The lowest BCUT2D eigenvalue weighted by atomic mass is 10.1. The van der Waals surface area contributed by atoms with Crippen LogP contribution in [0.15, 0.2) is 0 Å². The maximum atomic E-state index is 11.5. The number of rotatable bonds is 7. The Kier molecular flexibility index (Phi) is 6.26. The van der Waals surface area contributed by atoms with E-state index in [9.17, 15) is 8.42 Å². The highest BCUT2D eigenvalue weighted by atomic mass is 32.2. The fourth-order valence-corrected chi connectivity index (χ4v) is 2.87. The van der Waals surface area contributed by atoms with Crippen molar-refractivity contribution in [1.82, 2.24) is 4.72 Å². The third kappa shape index (κ3) is 5.79. The van der Waals surface area contributed by atoms with E-state index in [0.29, 0.717) is 19.5 Å². The van der Waals surface area contributed by atoms with Crippen LogP contribution >= 0.6 is 0 Å². The van der Waals surface area contributed by atoms with Crippen LogP contribution < -0.4 is 10.5 Å². The lowest BCUT2D eigenvalue weighted by molar-refractivity contribution is 0.0200. The molecule has 0 saturated carbocycles. The highest BCUT2D eigenvalue weighted by molar-refractivity contribution is 7.89. The summed E-state index contributed by atoms with van der Waals surface area (Å²) >= 11 is 0. The Labute approximate surface area is 97.8 Å². The molecule has 6 heteroatoms. The van der Waals surface area contributed by atoms with Crippen LogP contribution in [0.4, 0.5) is 0 Å². The molecule has 0 aliphatic carbocycles. The van der Waals surface area contributed by atoms with E-state index in [1.165, 1.54) is 0 Å². The Morgan fingerprint density at radius 1 is 1.31 bits per heavy atom. The first-order chi connectivity index (χ1) is 7.64. The molecule has 1 unspecified atom stereocenters. The summed E-state index contributed by atoms with van der Waals surface area (Å²) in [5.41, 5.74) is 5.31. The van der Waals surface area contributed by atoms with Crippen molar-refractivity contribution in [3.8, 4) is 0 Å². The van der Waals surface area contributed by atoms with E-state index in [-0.39, 0.29) is 11.9 Å². The van der Waals surface area contributed by atoms with Crippen molar-refractivity contribution in [3.05, 3.63) is 0 Å². The Hall–Kier alpha value is -0.170. The van der Waals surface area contributed by atoms with Crippen molar-refractivity contribution in [1.29, 1.82) is 0 Å². The van der Waals surface area contributed by atoms with Gasteiger partial charge < -0.3 is 10.5 Å². The topological polar surface area (TPSA) is 81.4 Å². The maximum absolute atomic E-state index is 11.5. The largest absolute Gasteiger partial charge is 0.377 e. The Balaban J connectivity index is 2.18. The van der Waals surface area contributed by atoms with Gasteiger partial charge in [0, 0.05) is 13.2 Å². The van der Waals surface area contributed by atoms with Crippen LogP contribution in [0.5, 0.6) is 0 Å². The Morgan fingerprint density at radius 2 is 2.12 bits per heavy atom. The molecule has 16 heavy (non-hydrogen) atoms. The van der Waals surface area contributed by atoms with E-state index in [0.717, 1.165) is 32.3 Å². The third-order valence-electron chi connectivity index (χ3n) is 2.67.